The van der Waals surface area contributed by atoms with Crippen molar-refractivity contribution >= 4 is 201 Å². The van der Waals surface area contributed by atoms with Crippen molar-refractivity contribution in [3.8, 4) is 0 Å². The van der Waals surface area contributed by atoms with E-state index in [1.54, 1.807) is 14.7 Å². The molecule has 0 saturated carbocycles. The molecule has 0 unspecified atom stereocenters. The molecule has 0 aliphatic heterocycles. The number of rotatable bonds is 2. The Morgan fingerprint density at radius 2 is 0.646 bits per heavy atom. The molecule has 48 heavy (non-hydrogen) atoms. The smallest absolute Gasteiger partial charge is 0.465 e. The monoisotopic (exact) mass is 1020 g/mol. The quantitative estimate of drug-likeness (QED) is 0.171. The third-order valence-corrected chi connectivity index (χ3v) is 23.6. The van der Waals surface area contributed by atoms with E-state index >= 15 is 0 Å². The fourth-order valence-corrected chi connectivity index (χ4v) is 17.2. The molecule has 3 N–H and O–H groups in total. The maximum Gasteiger partial charge on any atom is 3.00 e. The molecule has 0 rings (SSSR count). The Bertz CT molecular complexity index is 877. The van der Waals surface area contributed by atoms with Crippen molar-refractivity contribution in [3.63, 3.8) is 0 Å². The molecule has 0 aromatic carbocycles. The van der Waals surface area contributed by atoms with Crippen molar-refractivity contribution in [1.82, 2.24) is 34.3 Å². The molecular formula is C22H45FeN8O2S14Zn. The van der Waals surface area contributed by atoms with E-state index < -0.39 is 20.8 Å². The van der Waals surface area contributed by atoms with Crippen molar-refractivity contribution in [1.29, 1.82) is 0 Å². The van der Waals surface area contributed by atoms with Crippen LogP contribution in [0.4, 0.5) is 4.79 Å². The van der Waals surface area contributed by atoms with Crippen molar-refractivity contribution in [3.05, 3.63) is 0 Å². The van der Waals surface area contributed by atoms with E-state index in [0.29, 0.717) is 13.0 Å². The van der Waals surface area contributed by atoms with Crippen LogP contribution in [0, 0.1) is 0 Å². The minimum absolute atomic E-state index is 0. The molecule has 10 nitrogen and oxygen atoms in total. The van der Waals surface area contributed by atoms with Crippen LogP contribution in [0.2, 0.25) is 0 Å². The number of hydrogen-bond donors (Lipinski definition) is 2. The van der Waals surface area contributed by atoms with Crippen LogP contribution in [0.5, 0.6) is 0 Å². The maximum atomic E-state index is 8.78. The Morgan fingerprint density at radius 3 is 0.750 bits per heavy atom. The number of carboxylic acid groups (broad SMARTS) is 1. The third kappa shape index (κ3) is 62.8. The fraction of sp³-hybridized carbons (Fsp3) is 0.636. The van der Waals surface area contributed by atoms with Gasteiger partial charge in [0.1, 0.15) is 8.64 Å². The van der Waals surface area contributed by atoms with Crippen LogP contribution in [0.15, 0.2) is 0 Å². The second-order valence-electron chi connectivity index (χ2n) is 9.03. The van der Waals surface area contributed by atoms with Crippen LogP contribution >= 0.6 is 127 Å². The Hall–Kier alpha value is 1.70. The predicted molar refractivity (Wildman–Crippen MR) is 249 cm³/mol. The van der Waals surface area contributed by atoms with Crippen molar-refractivity contribution in [2.24, 2.45) is 5.73 Å². The summed E-state index contributed by atoms with van der Waals surface area (Å²) in [6, 6.07) is 0. The Kier molecular flexibility index (Phi) is 55.8. The number of hydrogen-bond acceptors (Lipinski definition) is 15. The Balaban J connectivity index is -0.0000000880. The van der Waals surface area contributed by atoms with Crippen LogP contribution in [0.25, 0.3) is 0 Å². The number of thiocarbonyl (C=S) groups is 7. The summed E-state index contributed by atoms with van der Waals surface area (Å²) in [5.74, 6) is 0. The van der Waals surface area contributed by atoms with Crippen LogP contribution in [-0.2, 0) is 69.6 Å². The standard InChI is InChI=1S/C6H12N2S4.5C3H7NS2.CH3NO2.Fe.Zn/c1-7(2)5(9)11-12-6(10)8(3)4;5*1-4(2)3(5)6;2-1(3)4;;/h1-4H3;5*1-2H3,(H,5,6);2H2,(H,3,4);;/q;;;;;;;+3;+2/p-5. The molecule has 0 bridgehead atoms. The molecule has 0 atom stereocenters. The van der Waals surface area contributed by atoms with Gasteiger partial charge in [-0.05, 0) is 21.6 Å². The number of primary amides is 1. The van der Waals surface area contributed by atoms with E-state index in [-0.39, 0.29) is 17.1 Å². The number of amides is 1. The number of nitrogens with two attached hydrogens (primary N) is 1. The third-order valence-electron chi connectivity index (χ3n) is 3.11. The van der Waals surface area contributed by atoms with Crippen LogP contribution in [0.1, 0.15) is 0 Å². The van der Waals surface area contributed by atoms with Gasteiger partial charge in [0, 0.05) is 70.5 Å². The second kappa shape index (κ2) is 41.5. The van der Waals surface area contributed by atoms with Crippen molar-refractivity contribution in [2.75, 3.05) is 98.7 Å². The van der Waals surface area contributed by atoms with Gasteiger partial charge in [0.2, 0.25) is 0 Å². The largest absolute Gasteiger partial charge is 3.00 e. The van der Waals surface area contributed by atoms with E-state index in [9.17, 15) is 0 Å². The van der Waals surface area contributed by atoms with Gasteiger partial charge < -0.3 is 110 Å². The molecule has 0 saturated heterocycles. The second-order valence-corrected chi connectivity index (χ2v) is 27.2. The predicted octanol–water partition coefficient (Wildman–Crippen LogP) is 4.88. The minimum Gasteiger partial charge on any atom is -0.465 e. The Morgan fingerprint density at radius 1 is 0.500 bits per heavy atom. The first kappa shape index (κ1) is 64.7. The first-order valence-electron chi connectivity index (χ1n) is 12.1. The molecular weight excluding hydrogens is 978 g/mol. The molecule has 0 aliphatic rings. The molecule has 0 aliphatic carbocycles. The van der Waals surface area contributed by atoms with Gasteiger partial charge in [-0.15, -0.1) is 0 Å². The zero-order valence-electron chi connectivity index (χ0n) is 29.3. The SMILES string of the molecule is CN(C)C(=S)SSC(=S)N(C)C.CN(C)C(=S)[S-].CN(C)C(=S)[S-].CN(C)C(=S)[S-].CN(C)C(=S)[S][Zn][S]C(=S)N(C)C.NC(=O)O.[Fe+3]. The van der Waals surface area contributed by atoms with Gasteiger partial charge >= 0.3 is 128 Å². The molecule has 0 spiro atoms. The van der Waals surface area contributed by atoms with Gasteiger partial charge in [-0.3, -0.25) is 0 Å². The maximum absolute atomic E-state index is 8.78. The number of carbonyl (C=O) groups is 1. The van der Waals surface area contributed by atoms with E-state index in [2.05, 4.69) is 80.3 Å². The summed E-state index contributed by atoms with van der Waals surface area (Å²) in [4.78, 5) is 21.7. The van der Waals surface area contributed by atoms with Gasteiger partial charge in [0.05, 0.1) is 0 Å². The van der Waals surface area contributed by atoms with Gasteiger partial charge in [-0.25, -0.2) is 4.79 Å². The molecule has 1 radical (unpaired) electrons. The van der Waals surface area contributed by atoms with Gasteiger partial charge in [0.15, 0.2) is 0 Å². The van der Waals surface area contributed by atoms with Gasteiger partial charge in [-0.2, -0.15) is 0 Å². The molecule has 0 heterocycles. The number of nitrogens with zero attached hydrogens (tertiary/aromatic N) is 7. The summed E-state index contributed by atoms with van der Waals surface area (Å²) >= 11 is 47.1. The molecule has 0 fully saturated rings. The van der Waals surface area contributed by atoms with Crippen molar-refractivity contribution in [2.45, 2.75) is 0 Å². The zero-order valence-corrected chi connectivity index (χ0v) is 44.8. The van der Waals surface area contributed by atoms with Gasteiger partial charge in [-0.1, -0.05) is 37.4 Å². The van der Waals surface area contributed by atoms with Crippen molar-refractivity contribution < 1.29 is 41.7 Å². The summed E-state index contributed by atoms with van der Waals surface area (Å²) in [6.07, 6.45) is -1.33. The van der Waals surface area contributed by atoms with E-state index in [4.69, 9.17) is 58.8 Å². The van der Waals surface area contributed by atoms with Gasteiger partial charge in [0.25, 0.3) is 0 Å². The van der Waals surface area contributed by atoms with Crippen LogP contribution in [-0.4, -0.2) is 174 Å². The summed E-state index contributed by atoms with van der Waals surface area (Å²) in [6.45, 7) is 0. The van der Waals surface area contributed by atoms with E-state index in [0.717, 1.165) is 17.3 Å². The summed E-state index contributed by atoms with van der Waals surface area (Å²) in [7, 11) is 33.3. The van der Waals surface area contributed by atoms with E-state index in [1.807, 2.05) is 138 Å². The van der Waals surface area contributed by atoms with Crippen LogP contribution in [0.3, 0.4) is 0 Å². The molecule has 279 valence electrons. The summed E-state index contributed by atoms with van der Waals surface area (Å²) < 4.78 is 5.16. The molecule has 0 aromatic heterocycles. The summed E-state index contributed by atoms with van der Waals surface area (Å²) in [5, 5.41) is 7.19. The Labute approximate surface area is 376 Å². The van der Waals surface area contributed by atoms with E-state index in [1.165, 1.54) is 21.6 Å². The normalized spacial score (nSPS) is 8.12. The molecule has 26 heteroatoms. The topological polar surface area (TPSA) is 86.0 Å². The minimum atomic E-state index is -1.33. The first-order chi connectivity index (χ1) is 21.1. The summed E-state index contributed by atoms with van der Waals surface area (Å²) in [5.41, 5.74) is 4.03. The molecule has 1 amide bonds. The molecule has 0 aromatic rings. The van der Waals surface area contributed by atoms with Crippen LogP contribution < -0.4 is 5.73 Å². The average Bonchev–Trinajstić information content (AvgIpc) is 2.91. The fourth-order valence-electron chi connectivity index (χ4n) is 0.609. The average molecular weight is 1020 g/mol. The first-order valence-corrected chi connectivity index (χ1v) is 27.6. The zero-order chi connectivity index (χ0) is 39.2.